The summed E-state index contributed by atoms with van der Waals surface area (Å²) in [6, 6.07) is 15.8. The lowest BCUT2D eigenvalue weighted by molar-refractivity contribution is 0.415. The second-order valence-electron chi connectivity index (χ2n) is 4.94. The first-order chi connectivity index (χ1) is 10.8. The molecule has 0 bridgehead atoms. The minimum atomic E-state index is 0.240. The van der Waals surface area contributed by atoms with Crippen molar-refractivity contribution in [1.29, 1.82) is 0 Å². The lowest BCUT2D eigenvalue weighted by Gasteiger charge is -2.09. The number of methoxy groups -OCH3 is 1. The maximum atomic E-state index is 6.08. The summed E-state index contributed by atoms with van der Waals surface area (Å²) in [5.74, 6) is 1.60. The molecule has 0 radical (unpaired) electrons. The summed E-state index contributed by atoms with van der Waals surface area (Å²) in [6.07, 6.45) is 1.98. The zero-order valence-electron chi connectivity index (χ0n) is 11.8. The monoisotopic (exact) mass is 309 g/mol. The third kappa shape index (κ3) is 2.00. The number of aromatic nitrogens is 3. The van der Waals surface area contributed by atoms with Crippen LogP contribution in [0.25, 0.3) is 27.6 Å². The molecule has 0 unspecified atom stereocenters. The highest BCUT2D eigenvalue weighted by molar-refractivity contribution is 6.28. The number of benzene rings is 2. The molecular formula is C17H12ClN3O. The van der Waals surface area contributed by atoms with Crippen LogP contribution in [0.15, 0.2) is 54.7 Å². The summed E-state index contributed by atoms with van der Waals surface area (Å²) in [4.78, 5) is 8.70. The van der Waals surface area contributed by atoms with E-state index in [9.17, 15) is 0 Å². The number of ether oxygens (including phenoxy) is 1. The predicted molar refractivity (Wildman–Crippen MR) is 87.9 cm³/mol. The van der Waals surface area contributed by atoms with E-state index in [0.29, 0.717) is 0 Å². The van der Waals surface area contributed by atoms with Crippen LogP contribution >= 0.6 is 11.6 Å². The van der Waals surface area contributed by atoms with E-state index in [0.717, 1.165) is 33.4 Å². The van der Waals surface area contributed by atoms with Crippen molar-refractivity contribution in [2.45, 2.75) is 0 Å². The Bertz CT molecular complexity index is 994. The number of para-hydroxylation sites is 1. The van der Waals surface area contributed by atoms with Gasteiger partial charge in [-0.3, -0.25) is 0 Å². The summed E-state index contributed by atoms with van der Waals surface area (Å²) in [5, 5.41) is 2.28. The van der Waals surface area contributed by atoms with Gasteiger partial charge in [0.05, 0.1) is 18.1 Å². The fourth-order valence-corrected chi connectivity index (χ4v) is 2.82. The molecule has 0 aliphatic carbocycles. The summed E-state index contributed by atoms with van der Waals surface area (Å²) >= 11 is 6.08. The van der Waals surface area contributed by atoms with Crippen LogP contribution in [-0.4, -0.2) is 21.6 Å². The highest BCUT2D eigenvalue weighted by Crippen LogP contribution is 2.27. The second kappa shape index (κ2) is 5.00. The standard InChI is InChI=1S/C17H12ClN3O/c1-22-12-6-7-15-11(10-12)8-9-21(15)16-13-4-2-3-5-14(13)19-17(18)20-16/h2-10H,1H3. The molecule has 0 aliphatic rings. The van der Waals surface area contributed by atoms with Crippen molar-refractivity contribution >= 4 is 33.4 Å². The first-order valence-corrected chi connectivity index (χ1v) is 7.22. The van der Waals surface area contributed by atoms with E-state index in [-0.39, 0.29) is 5.28 Å². The molecule has 0 spiro atoms. The Balaban J connectivity index is 2.03. The molecule has 2 aromatic carbocycles. The summed E-state index contributed by atoms with van der Waals surface area (Å²) in [7, 11) is 1.66. The van der Waals surface area contributed by atoms with Crippen LogP contribution in [0.4, 0.5) is 0 Å². The Kier molecular flexibility index (Phi) is 2.98. The minimum Gasteiger partial charge on any atom is -0.497 e. The van der Waals surface area contributed by atoms with Crippen molar-refractivity contribution in [3.8, 4) is 11.6 Å². The van der Waals surface area contributed by atoms with Gasteiger partial charge in [0, 0.05) is 17.0 Å². The van der Waals surface area contributed by atoms with Gasteiger partial charge in [-0.05, 0) is 48.0 Å². The molecule has 4 nitrogen and oxygen atoms in total. The van der Waals surface area contributed by atoms with E-state index in [4.69, 9.17) is 16.3 Å². The molecule has 2 aromatic heterocycles. The fraction of sp³-hybridized carbons (Fsp3) is 0.0588. The second-order valence-corrected chi connectivity index (χ2v) is 5.28. The Hall–Kier alpha value is -2.59. The molecule has 2 heterocycles. The lowest BCUT2D eigenvalue weighted by Crippen LogP contribution is -1.99. The maximum Gasteiger partial charge on any atom is 0.224 e. The van der Waals surface area contributed by atoms with Crippen LogP contribution in [0.3, 0.4) is 0 Å². The van der Waals surface area contributed by atoms with Gasteiger partial charge in [0.2, 0.25) is 5.28 Å². The molecule has 0 saturated carbocycles. The predicted octanol–water partition coefficient (Wildman–Crippen LogP) is 4.24. The van der Waals surface area contributed by atoms with Crippen LogP contribution in [0.2, 0.25) is 5.28 Å². The van der Waals surface area contributed by atoms with Gasteiger partial charge in [-0.2, -0.15) is 4.98 Å². The zero-order valence-corrected chi connectivity index (χ0v) is 12.6. The van der Waals surface area contributed by atoms with E-state index < -0.39 is 0 Å². The van der Waals surface area contributed by atoms with Crippen molar-refractivity contribution in [3.63, 3.8) is 0 Å². The molecule has 5 heteroatoms. The molecule has 4 rings (SSSR count). The van der Waals surface area contributed by atoms with Gasteiger partial charge in [-0.1, -0.05) is 12.1 Å². The molecule has 0 aliphatic heterocycles. The SMILES string of the molecule is COc1ccc2c(ccn2-c2nc(Cl)nc3ccccc23)c1. The van der Waals surface area contributed by atoms with Crippen molar-refractivity contribution in [1.82, 2.24) is 14.5 Å². The number of hydrogen-bond acceptors (Lipinski definition) is 3. The smallest absolute Gasteiger partial charge is 0.224 e. The Labute approximate surface area is 131 Å². The van der Waals surface area contributed by atoms with E-state index in [1.165, 1.54) is 0 Å². The summed E-state index contributed by atoms with van der Waals surface area (Å²) in [5.41, 5.74) is 1.87. The molecule has 0 N–H and O–H groups in total. The van der Waals surface area contributed by atoms with Crippen molar-refractivity contribution in [2.24, 2.45) is 0 Å². The Morgan fingerprint density at radius 2 is 1.91 bits per heavy atom. The van der Waals surface area contributed by atoms with Crippen LogP contribution in [0.1, 0.15) is 0 Å². The highest BCUT2D eigenvalue weighted by Gasteiger charge is 2.11. The van der Waals surface area contributed by atoms with E-state index in [1.54, 1.807) is 7.11 Å². The van der Waals surface area contributed by atoms with Crippen LogP contribution in [0.5, 0.6) is 5.75 Å². The minimum absolute atomic E-state index is 0.240. The topological polar surface area (TPSA) is 39.9 Å². The Morgan fingerprint density at radius 1 is 1.05 bits per heavy atom. The molecule has 0 fully saturated rings. The van der Waals surface area contributed by atoms with Gasteiger partial charge in [0.15, 0.2) is 0 Å². The average Bonchev–Trinajstić information content (AvgIpc) is 2.96. The molecule has 0 saturated heterocycles. The molecule has 0 atom stereocenters. The van der Waals surface area contributed by atoms with Crippen molar-refractivity contribution in [2.75, 3.05) is 7.11 Å². The highest BCUT2D eigenvalue weighted by atomic mass is 35.5. The number of rotatable bonds is 2. The van der Waals surface area contributed by atoms with Crippen molar-refractivity contribution in [3.05, 3.63) is 60.0 Å². The molecule has 22 heavy (non-hydrogen) atoms. The molecule has 108 valence electrons. The maximum absolute atomic E-state index is 6.08. The van der Waals surface area contributed by atoms with E-state index in [1.807, 2.05) is 59.3 Å². The first kappa shape index (κ1) is 13.1. The largest absolute Gasteiger partial charge is 0.497 e. The van der Waals surface area contributed by atoms with E-state index in [2.05, 4.69) is 9.97 Å². The van der Waals surface area contributed by atoms with Crippen LogP contribution < -0.4 is 4.74 Å². The van der Waals surface area contributed by atoms with Gasteiger partial charge in [-0.25, -0.2) is 4.98 Å². The zero-order chi connectivity index (χ0) is 15.1. The van der Waals surface area contributed by atoms with E-state index >= 15 is 0 Å². The third-order valence-corrected chi connectivity index (χ3v) is 3.85. The quantitative estimate of drug-likeness (QED) is 0.520. The normalized spacial score (nSPS) is 11.2. The summed E-state index contributed by atoms with van der Waals surface area (Å²) in [6.45, 7) is 0. The molecule has 0 amide bonds. The van der Waals surface area contributed by atoms with Gasteiger partial charge < -0.3 is 9.30 Å². The fourth-order valence-electron chi connectivity index (χ4n) is 2.65. The van der Waals surface area contributed by atoms with Crippen LogP contribution in [-0.2, 0) is 0 Å². The average molecular weight is 310 g/mol. The van der Waals surface area contributed by atoms with Gasteiger partial charge in [0.25, 0.3) is 0 Å². The first-order valence-electron chi connectivity index (χ1n) is 6.84. The van der Waals surface area contributed by atoms with Gasteiger partial charge >= 0.3 is 0 Å². The number of halogens is 1. The van der Waals surface area contributed by atoms with Gasteiger partial charge in [0.1, 0.15) is 11.6 Å². The number of nitrogens with zero attached hydrogens (tertiary/aromatic N) is 3. The summed E-state index contributed by atoms with van der Waals surface area (Å²) < 4.78 is 7.29. The Morgan fingerprint density at radius 3 is 2.77 bits per heavy atom. The number of hydrogen-bond donors (Lipinski definition) is 0. The molecular weight excluding hydrogens is 298 g/mol. The lowest BCUT2D eigenvalue weighted by atomic mass is 10.2. The van der Waals surface area contributed by atoms with Crippen molar-refractivity contribution < 1.29 is 4.74 Å². The molecule has 4 aromatic rings. The number of fused-ring (bicyclic) bond motifs is 2. The third-order valence-electron chi connectivity index (χ3n) is 3.68. The van der Waals surface area contributed by atoms with Gasteiger partial charge in [-0.15, -0.1) is 0 Å². The van der Waals surface area contributed by atoms with Crippen LogP contribution in [0, 0.1) is 0 Å².